The molecule has 0 fully saturated rings. The number of nitrogens with one attached hydrogen (secondary N) is 2. The zero-order chi connectivity index (χ0) is 12.0. The lowest BCUT2D eigenvalue weighted by atomic mass is 10.2. The van der Waals surface area contributed by atoms with E-state index in [4.69, 9.17) is 11.6 Å². The molecule has 1 amide bonds. The first-order valence-corrected chi connectivity index (χ1v) is 6.37. The number of hydrogen-bond acceptors (Lipinski definition) is 4. The van der Waals surface area contributed by atoms with Crippen molar-refractivity contribution in [3.8, 4) is 0 Å². The van der Waals surface area contributed by atoms with Gasteiger partial charge < -0.3 is 10.6 Å². The molecule has 4 nitrogen and oxygen atoms in total. The lowest BCUT2D eigenvalue weighted by Crippen LogP contribution is -2.34. The molecule has 90 valence electrons. The highest BCUT2D eigenvalue weighted by molar-refractivity contribution is 7.15. The first kappa shape index (κ1) is 13.4. The zero-order valence-electron chi connectivity index (χ0n) is 9.42. The maximum Gasteiger partial charge on any atom is 0.222 e. The third-order valence-electron chi connectivity index (χ3n) is 1.93. The van der Waals surface area contributed by atoms with E-state index in [-0.39, 0.29) is 11.8 Å². The second-order valence-electron chi connectivity index (χ2n) is 3.68. The monoisotopic (exact) mass is 261 g/mol. The summed E-state index contributed by atoms with van der Waals surface area (Å²) in [6, 6.07) is 0. The van der Waals surface area contributed by atoms with Crippen LogP contribution < -0.4 is 10.6 Å². The Balaban J connectivity index is 2.06. The molecule has 0 saturated carbocycles. The highest BCUT2D eigenvalue weighted by Crippen LogP contribution is 2.17. The van der Waals surface area contributed by atoms with E-state index in [9.17, 15) is 4.79 Å². The number of aromatic nitrogens is 1. The number of amides is 1. The van der Waals surface area contributed by atoms with Crippen LogP contribution >= 0.6 is 22.9 Å². The molecule has 0 radical (unpaired) electrons. The molecule has 0 aliphatic heterocycles. The fraction of sp³-hybridized carbons (Fsp3) is 0.600. The van der Waals surface area contributed by atoms with E-state index in [2.05, 4.69) is 15.6 Å². The molecule has 0 aliphatic carbocycles. The summed E-state index contributed by atoms with van der Waals surface area (Å²) in [5.41, 5.74) is 0. The minimum Gasteiger partial charge on any atom is -0.355 e. The van der Waals surface area contributed by atoms with E-state index >= 15 is 0 Å². The number of carbonyl (C=O) groups is 1. The molecule has 0 saturated heterocycles. The van der Waals surface area contributed by atoms with Crippen molar-refractivity contribution in [3.63, 3.8) is 0 Å². The van der Waals surface area contributed by atoms with Crippen LogP contribution in [0.4, 0.5) is 0 Å². The molecule has 6 heteroatoms. The Morgan fingerprint density at radius 3 is 2.88 bits per heavy atom. The Kier molecular flexibility index (Phi) is 5.73. The predicted molar refractivity (Wildman–Crippen MR) is 66.7 cm³/mol. The molecule has 0 bridgehead atoms. The van der Waals surface area contributed by atoms with Crippen molar-refractivity contribution >= 4 is 28.8 Å². The molecule has 0 unspecified atom stereocenters. The van der Waals surface area contributed by atoms with E-state index in [1.165, 1.54) is 11.3 Å². The molecule has 0 atom stereocenters. The Bertz CT molecular complexity index is 341. The number of nitrogens with zero attached hydrogens (tertiary/aromatic N) is 1. The van der Waals surface area contributed by atoms with E-state index < -0.39 is 0 Å². The number of carbonyl (C=O) groups excluding carboxylic acids is 1. The third kappa shape index (κ3) is 4.92. The SMILES string of the molecule is CC(C)C(=O)NCCNCc1ncc(Cl)s1. The van der Waals surface area contributed by atoms with Crippen molar-refractivity contribution < 1.29 is 4.79 Å². The van der Waals surface area contributed by atoms with E-state index in [1.807, 2.05) is 13.8 Å². The first-order chi connectivity index (χ1) is 7.59. The van der Waals surface area contributed by atoms with Crippen LogP contribution in [0.15, 0.2) is 6.20 Å². The van der Waals surface area contributed by atoms with Gasteiger partial charge in [-0.25, -0.2) is 4.98 Å². The van der Waals surface area contributed by atoms with Crippen LogP contribution in [0.2, 0.25) is 4.34 Å². The van der Waals surface area contributed by atoms with Gasteiger partial charge in [-0.2, -0.15) is 0 Å². The number of halogens is 1. The predicted octanol–water partition coefficient (Wildman–Crippen LogP) is 1.66. The molecule has 0 aromatic carbocycles. The second-order valence-corrected chi connectivity index (χ2v) is 5.43. The summed E-state index contributed by atoms with van der Waals surface area (Å²) in [6.07, 6.45) is 1.64. The zero-order valence-corrected chi connectivity index (χ0v) is 11.0. The van der Waals surface area contributed by atoms with E-state index in [1.54, 1.807) is 6.20 Å². The summed E-state index contributed by atoms with van der Waals surface area (Å²) < 4.78 is 0.699. The van der Waals surface area contributed by atoms with Crippen molar-refractivity contribution in [2.24, 2.45) is 5.92 Å². The van der Waals surface area contributed by atoms with Gasteiger partial charge in [0.1, 0.15) is 9.34 Å². The van der Waals surface area contributed by atoms with Gasteiger partial charge in [0.2, 0.25) is 5.91 Å². The highest BCUT2D eigenvalue weighted by Gasteiger charge is 2.04. The number of hydrogen-bond donors (Lipinski definition) is 2. The quantitative estimate of drug-likeness (QED) is 0.766. The summed E-state index contributed by atoms with van der Waals surface area (Å²) >= 11 is 7.21. The molecule has 0 aliphatic rings. The van der Waals surface area contributed by atoms with Crippen LogP contribution in [-0.2, 0) is 11.3 Å². The summed E-state index contributed by atoms with van der Waals surface area (Å²) in [4.78, 5) is 15.3. The van der Waals surface area contributed by atoms with Gasteiger partial charge >= 0.3 is 0 Å². The molecule has 1 aromatic heterocycles. The first-order valence-electron chi connectivity index (χ1n) is 5.18. The molecule has 0 spiro atoms. The summed E-state index contributed by atoms with van der Waals surface area (Å²) in [6.45, 7) is 5.81. The summed E-state index contributed by atoms with van der Waals surface area (Å²) in [5.74, 6) is 0.122. The van der Waals surface area contributed by atoms with Crippen LogP contribution in [0.25, 0.3) is 0 Å². The lowest BCUT2D eigenvalue weighted by molar-refractivity contribution is -0.123. The maximum absolute atomic E-state index is 11.2. The van der Waals surface area contributed by atoms with Crippen LogP contribution in [0.1, 0.15) is 18.9 Å². The third-order valence-corrected chi connectivity index (χ3v) is 3.04. The molecule has 2 N–H and O–H groups in total. The minimum absolute atomic E-state index is 0.0396. The van der Waals surface area contributed by atoms with Gasteiger partial charge in [-0.3, -0.25) is 4.79 Å². The normalized spacial score (nSPS) is 10.8. The van der Waals surface area contributed by atoms with Crippen LogP contribution in [0.5, 0.6) is 0 Å². The van der Waals surface area contributed by atoms with Gasteiger partial charge in [-0.1, -0.05) is 25.4 Å². The molecular formula is C10H16ClN3OS. The van der Waals surface area contributed by atoms with Crippen LogP contribution in [-0.4, -0.2) is 24.0 Å². The van der Waals surface area contributed by atoms with Gasteiger partial charge in [-0.15, -0.1) is 11.3 Å². The van der Waals surface area contributed by atoms with Gasteiger partial charge in [0.15, 0.2) is 0 Å². The molecule has 1 heterocycles. The minimum atomic E-state index is 0.0396. The van der Waals surface area contributed by atoms with Crippen molar-refractivity contribution in [1.82, 2.24) is 15.6 Å². The number of rotatable bonds is 6. The van der Waals surface area contributed by atoms with Crippen molar-refractivity contribution in [2.45, 2.75) is 20.4 Å². The average molecular weight is 262 g/mol. The molecule has 1 rings (SSSR count). The Hall–Kier alpha value is -0.650. The van der Waals surface area contributed by atoms with Gasteiger partial charge in [0, 0.05) is 25.6 Å². The van der Waals surface area contributed by atoms with Gasteiger partial charge in [0.05, 0.1) is 6.20 Å². The summed E-state index contributed by atoms with van der Waals surface area (Å²) in [7, 11) is 0. The van der Waals surface area contributed by atoms with E-state index in [0.29, 0.717) is 17.4 Å². The Morgan fingerprint density at radius 1 is 1.56 bits per heavy atom. The molecular weight excluding hydrogens is 246 g/mol. The number of thiazole rings is 1. The molecule has 1 aromatic rings. The van der Waals surface area contributed by atoms with Crippen LogP contribution in [0, 0.1) is 5.92 Å². The van der Waals surface area contributed by atoms with Crippen LogP contribution in [0.3, 0.4) is 0 Å². The summed E-state index contributed by atoms with van der Waals surface area (Å²) in [5, 5.41) is 6.97. The smallest absolute Gasteiger partial charge is 0.222 e. The Labute approximate surface area is 104 Å². The van der Waals surface area contributed by atoms with Crippen molar-refractivity contribution in [3.05, 3.63) is 15.5 Å². The fourth-order valence-electron chi connectivity index (χ4n) is 1.04. The standard InChI is InChI=1S/C10H16ClN3OS/c1-7(2)10(15)13-4-3-12-6-9-14-5-8(11)16-9/h5,7,12H,3-4,6H2,1-2H3,(H,13,15). The second kappa shape index (κ2) is 6.83. The van der Waals surface area contributed by atoms with Gasteiger partial charge in [-0.05, 0) is 0 Å². The van der Waals surface area contributed by atoms with Crippen molar-refractivity contribution in [2.75, 3.05) is 13.1 Å². The van der Waals surface area contributed by atoms with E-state index in [0.717, 1.165) is 11.6 Å². The Morgan fingerprint density at radius 2 is 2.31 bits per heavy atom. The maximum atomic E-state index is 11.2. The largest absolute Gasteiger partial charge is 0.355 e. The lowest BCUT2D eigenvalue weighted by Gasteiger charge is -2.07. The van der Waals surface area contributed by atoms with Crippen molar-refractivity contribution in [1.29, 1.82) is 0 Å². The average Bonchev–Trinajstić information content (AvgIpc) is 2.63. The van der Waals surface area contributed by atoms with Gasteiger partial charge in [0.25, 0.3) is 0 Å². The fourth-order valence-corrected chi connectivity index (χ4v) is 1.97. The highest BCUT2D eigenvalue weighted by atomic mass is 35.5. The topological polar surface area (TPSA) is 54.0 Å². The molecule has 16 heavy (non-hydrogen) atoms.